The first-order valence-corrected chi connectivity index (χ1v) is 6.18. The van der Waals surface area contributed by atoms with Crippen LogP contribution in [0.15, 0.2) is 35.4 Å². The van der Waals surface area contributed by atoms with Gasteiger partial charge in [-0.2, -0.15) is 0 Å². The van der Waals surface area contributed by atoms with Gasteiger partial charge < -0.3 is 4.57 Å². The summed E-state index contributed by atoms with van der Waals surface area (Å²) in [6, 6.07) is 6.78. The second kappa shape index (κ2) is 3.36. The number of nitrogens with zero attached hydrogens (tertiary/aromatic N) is 1. The number of hydrogen-bond donors (Lipinski definition) is 1. The third-order valence-electron chi connectivity index (χ3n) is 2.41. The van der Waals surface area contributed by atoms with E-state index in [0.29, 0.717) is 0 Å². The van der Waals surface area contributed by atoms with E-state index in [4.69, 9.17) is 5.14 Å². The highest BCUT2D eigenvalue weighted by Gasteiger charge is 2.09. The first kappa shape index (κ1) is 10.2. The van der Waals surface area contributed by atoms with Gasteiger partial charge in [0, 0.05) is 23.6 Å². The molecule has 15 heavy (non-hydrogen) atoms. The summed E-state index contributed by atoms with van der Waals surface area (Å²) in [4.78, 5) is 0.156. The second-order valence-electron chi connectivity index (χ2n) is 3.37. The van der Waals surface area contributed by atoms with Gasteiger partial charge in [0.2, 0.25) is 10.0 Å². The van der Waals surface area contributed by atoms with Crippen LogP contribution in [0.1, 0.15) is 6.92 Å². The quantitative estimate of drug-likeness (QED) is 0.835. The monoisotopic (exact) mass is 224 g/mol. The van der Waals surface area contributed by atoms with E-state index in [-0.39, 0.29) is 4.90 Å². The van der Waals surface area contributed by atoms with Gasteiger partial charge in [0.25, 0.3) is 0 Å². The molecule has 0 aliphatic carbocycles. The van der Waals surface area contributed by atoms with Gasteiger partial charge in [0.15, 0.2) is 0 Å². The molecular weight excluding hydrogens is 212 g/mol. The summed E-state index contributed by atoms with van der Waals surface area (Å²) in [5.41, 5.74) is 1.02. The third-order valence-corrected chi connectivity index (χ3v) is 3.32. The van der Waals surface area contributed by atoms with Crippen LogP contribution in [0.2, 0.25) is 0 Å². The smallest absolute Gasteiger partial charge is 0.238 e. The van der Waals surface area contributed by atoms with Gasteiger partial charge in [0.1, 0.15) is 0 Å². The van der Waals surface area contributed by atoms with Crippen molar-refractivity contribution >= 4 is 20.9 Å². The summed E-state index contributed by atoms with van der Waals surface area (Å²) >= 11 is 0. The zero-order valence-electron chi connectivity index (χ0n) is 8.34. The van der Waals surface area contributed by atoms with E-state index >= 15 is 0 Å². The molecule has 0 spiro atoms. The minimum absolute atomic E-state index is 0.156. The molecule has 0 aliphatic heterocycles. The molecule has 4 nitrogen and oxygen atoms in total. The molecule has 1 aromatic heterocycles. The predicted molar refractivity (Wildman–Crippen MR) is 59.0 cm³/mol. The molecule has 2 aromatic rings. The molecule has 0 fully saturated rings. The summed E-state index contributed by atoms with van der Waals surface area (Å²) in [5, 5.41) is 5.94. The van der Waals surface area contributed by atoms with Crippen molar-refractivity contribution in [3.8, 4) is 0 Å². The maximum atomic E-state index is 11.1. The molecule has 0 aliphatic rings. The van der Waals surface area contributed by atoms with Gasteiger partial charge in [-0.25, -0.2) is 13.6 Å². The molecule has 0 radical (unpaired) electrons. The first-order valence-electron chi connectivity index (χ1n) is 4.64. The fourth-order valence-electron chi connectivity index (χ4n) is 1.63. The van der Waals surface area contributed by atoms with Crippen molar-refractivity contribution in [3.63, 3.8) is 0 Å². The Morgan fingerprint density at radius 1 is 1.33 bits per heavy atom. The molecule has 0 atom stereocenters. The summed E-state index contributed by atoms with van der Waals surface area (Å²) in [6.07, 6.45) is 1.93. The minimum atomic E-state index is -3.60. The molecule has 1 aromatic carbocycles. The summed E-state index contributed by atoms with van der Waals surface area (Å²) in [6.45, 7) is 2.89. The zero-order chi connectivity index (χ0) is 11.1. The van der Waals surface area contributed by atoms with Crippen molar-refractivity contribution in [2.24, 2.45) is 5.14 Å². The Kier molecular flexibility index (Phi) is 2.28. The Morgan fingerprint density at radius 3 is 2.67 bits per heavy atom. The lowest BCUT2D eigenvalue weighted by Crippen LogP contribution is -2.11. The molecule has 0 unspecified atom stereocenters. The van der Waals surface area contributed by atoms with E-state index in [2.05, 4.69) is 0 Å². The average Bonchev–Trinajstić information content (AvgIpc) is 2.58. The Hall–Kier alpha value is -1.33. The van der Waals surface area contributed by atoms with Crippen LogP contribution in [-0.4, -0.2) is 13.0 Å². The van der Waals surface area contributed by atoms with Gasteiger partial charge in [-0.1, -0.05) is 0 Å². The van der Waals surface area contributed by atoms with Crippen LogP contribution in [0.5, 0.6) is 0 Å². The van der Waals surface area contributed by atoms with Crippen LogP contribution in [0.3, 0.4) is 0 Å². The number of hydrogen-bond acceptors (Lipinski definition) is 2. The van der Waals surface area contributed by atoms with Gasteiger partial charge in [-0.3, -0.25) is 0 Å². The van der Waals surface area contributed by atoms with Crippen molar-refractivity contribution < 1.29 is 8.42 Å². The number of primary sulfonamides is 1. The summed E-state index contributed by atoms with van der Waals surface area (Å²) in [5.74, 6) is 0. The van der Waals surface area contributed by atoms with Crippen LogP contribution in [0, 0.1) is 0 Å². The maximum absolute atomic E-state index is 11.1. The maximum Gasteiger partial charge on any atom is 0.238 e. The second-order valence-corrected chi connectivity index (χ2v) is 4.93. The number of benzene rings is 1. The first-order chi connectivity index (χ1) is 7.02. The minimum Gasteiger partial charge on any atom is -0.348 e. The van der Waals surface area contributed by atoms with Crippen molar-refractivity contribution in [3.05, 3.63) is 30.5 Å². The Balaban J connectivity index is 2.69. The van der Waals surface area contributed by atoms with Crippen molar-refractivity contribution in [1.82, 2.24) is 4.57 Å². The van der Waals surface area contributed by atoms with Crippen molar-refractivity contribution in [1.29, 1.82) is 0 Å². The number of aromatic nitrogens is 1. The lowest BCUT2D eigenvalue weighted by atomic mass is 10.2. The van der Waals surface area contributed by atoms with E-state index < -0.39 is 10.0 Å². The zero-order valence-corrected chi connectivity index (χ0v) is 9.16. The van der Waals surface area contributed by atoms with Crippen molar-refractivity contribution in [2.75, 3.05) is 0 Å². The summed E-state index contributed by atoms with van der Waals surface area (Å²) in [7, 11) is -3.60. The molecule has 0 saturated heterocycles. The number of fused-ring (bicyclic) bond motifs is 1. The average molecular weight is 224 g/mol. The van der Waals surface area contributed by atoms with Gasteiger partial charge in [-0.05, 0) is 31.2 Å². The molecule has 0 bridgehead atoms. The van der Waals surface area contributed by atoms with E-state index in [1.807, 2.05) is 23.8 Å². The van der Waals surface area contributed by atoms with Gasteiger partial charge in [-0.15, -0.1) is 0 Å². The van der Waals surface area contributed by atoms with E-state index in [1.165, 1.54) is 6.07 Å². The molecular formula is C10H12N2O2S. The SMILES string of the molecule is CCn1ccc2cc(S(N)(=O)=O)ccc21. The normalized spacial score (nSPS) is 12.1. The molecule has 1 heterocycles. The molecule has 2 N–H and O–H groups in total. The Bertz CT molecular complexity index is 599. The van der Waals surface area contributed by atoms with Crippen molar-refractivity contribution in [2.45, 2.75) is 18.4 Å². The number of rotatable bonds is 2. The summed E-state index contributed by atoms with van der Waals surface area (Å²) < 4.78 is 24.3. The number of nitrogens with two attached hydrogens (primary N) is 1. The van der Waals surface area contributed by atoms with E-state index in [0.717, 1.165) is 17.4 Å². The van der Waals surface area contributed by atoms with Crippen LogP contribution < -0.4 is 5.14 Å². The van der Waals surface area contributed by atoms with E-state index in [9.17, 15) is 8.42 Å². The largest absolute Gasteiger partial charge is 0.348 e. The molecule has 5 heteroatoms. The van der Waals surface area contributed by atoms with E-state index in [1.54, 1.807) is 12.1 Å². The van der Waals surface area contributed by atoms with Gasteiger partial charge >= 0.3 is 0 Å². The fraction of sp³-hybridized carbons (Fsp3) is 0.200. The Labute approximate surface area is 88.4 Å². The molecule has 0 saturated carbocycles. The van der Waals surface area contributed by atoms with Crippen LogP contribution >= 0.6 is 0 Å². The lowest BCUT2D eigenvalue weighted by molar-refractivity contribution is 0.598. The Morgan fingerprint density at radius 2 is 2.07 bits per heavy atom. The van der Waals surface area contributed by atoms with Crippen LogP contribution in [0.25, 0.3) is 10.9 Å². The topological polar surface area (TPSA) is 65.1 Å². The molecule has 80 valence electrons. The highest BCUT2D eigenvalue weighted by molar-refractivity contribution is 7.89. The van der Waals surface area contributed by atoms with Gasteiger partial charge in [0.05, 0.1) is 4.90 Å². The lowest BCUT2D eigenvalue weighted by Gasteiger charge is -2.01. The molecule has 0 amide bonds. The van der Waals surface area contributed by atoms with Crippen LogP contribution in [-0.2, 0) is 16.6 Å². The highest BCUT2D eigenvalue weighted by Crippen LogP contribution is 2.19. The predicted octanol–water partition coefficient (Wildman–Crippen LogP) is 1.31. The fourth-order valence-corrected chi connectivity index (χ4v) is 2.18. The van der Waals surface area contributed by atoms with Crippen LogP contribution in [0.4, 0.5) is 0 Å². The highest BCUT2D eigenvalue weighted by atomic mass is 32.2. The standard InChI is InChI=1S/C10H12N2O2S/c1-2-12-6-5-8-7-9(15(11,13)14)3-4-10(8)12/h3-7H,2H2,1H3,(H2,11,13,14). The number of aryl methyl sites for hydroxylation is 1. The third kappa shape index (κ3) is 1.75. The number of sulfonamides is 1. The molecule has 2 rings (SSSR count).